The van der Waals surface area contributed by atoms with Gasteiger partial charge in [-0.15, -0.1) is 0 Å². The maximum Gasteiger partial charge on any atom is 0.416 e. The number of hydrogen-bond donors (Lipinski definition) is 2. The van der Waals surface area contributed by atoms with Gasteiger partial charge in [-0.2, -0.15) is 13.2 Å². The van der Waals surface area contributed by atoms with Crippen molar-refractivity contribution >= 4 is 22.9 Å². The van der Waals surface area contributed by atoms with Crippen molar-refractivity contribution in [3.8, 4) is 0 Å². The van der Waals surface area contributed by atoms with Crippen LogP contribution in [0, 0.1) is 11.3 Å². The predicted octanol–water partition coefficient (Wildman–Crippen LogP) is 3.94. The van der Waals surface area contributed by atoms with E-state index in [0.29, 0.717) is 11.1 Å². The van der Waals surface area contributed by atoms with Gasteiger partial charge in [-0.1, -0.05) is 12.2 Å². The number of thiocarbonyl (C=S) groups is 1. The average molecular weight is 314 g/mol. The fourth-order valence-corrected chi connectivity index (χ4v) is 3.10. The quantitative estimate of drug-likeness (QED) is 0.809. The molecule has 21 heavy (non-hydrogen) atoms. The molecule has 114 valence electrons. The first-order chi connectivity index (χ1) is 9.82. The van der Waals surface area contributed by atoms with Crippen LogP contribution in [0.2, 0.25) is 0 Å². The molecule has 2 saturated carbocycles. The van der Waals surface area contributed by atoms with E-state index in [1.807, 2.05) is 0 Å². The summed E-state index contributed by atoms with van der Waals surface area (Å²) in [6.07, 6.45) is 0.568. The molecule has 2 nitrogen and oxygen atoms in total. The Morgan fingerprint density at radius 2 is 2.00 bits per heavy atom. The Kier molecular flexibility index (Phi) is 3.39. The second kappa shape index (κ2) is 4.87. The summed E-state index contributed by atoms with van der Waals surface area (Å²) in [6.45, 7) is 0.790. The van der Waals surface area contributed by atoms with Crippen molar-refractivity contribution in [2.24, 2.45) is 17.1 Å². The number of nitrogens with two attached hydrogens (primary N) is 1. The van der Waals surface area contributed by atoms with Crippen LogP contribution in [-0.2, 0) is 6.18 Å². The maximum atomic E-state index is 12.8. The Morgan fingerprint density at radius 1 is 1.33 bits per heavy atom. The van der Waals surface area contributed by atoms with E-state index in [1.165, 1.54) is 31.7 Å². The average Bonchev–Trinajstić information content (AvgIpc) is 3.25. The molecule has 0 bridgehead atoms. The Balaban J connectivity index is 1.79. The lowest BCUT2D eigenvalue weighted by Gasteiger charge is -2.19. The van der Waals surface area contributed by atoms with Crippen LogP contribution in [0.3, 0.4) is 0 Å². The van der Waals surface area contributed by atoms with Gasteiger partial charge in [-0.25, -0.2) is 0 Å². The monoisotopic (exact) mass is 314 g/mol. The van der Waals surface area contributed by atoms with Crippen LogP contribution in [0.1, 0.15) is 36.8 Å². The van der Waals surface area contributed by atoms with E-state index in [-0.39, 0.29) is 10.6 Å². The molecule has 1 aromatic carbocycles. The summed E-state index contributed by atoms with van der Waals surface area (Å²) >= 11 is 4.89. The largest absolute Gasteiger partial charge is 0.416 e. The van der Waals surface area contributed by atoms with Crippen LogP contribution in [0.4, 0.5) is 18.9 Å². The van der Waals surface area contributed by atoms with E-state index in [9.17, 15) is 13.2 Å². The molecule has 2 fully saturated rings. The smallest absolute Gasteiger partial charge is 0.389 e. The van der Waals surface area contributed by atoms with E-state index >= 15 is 0 Å². The number of alkyl halides is 3. The number of benzene rings is 1. The SMILES string of the molecule is NC(=S)c1cc(C(F)(F)F)ccc1NCC1(C2CC2)CC1. The summed E-state index contributed by atoms with van der Waals surface area (Å²) in [5.74, 6) is 0.785. The van der Waals surface area contributed by atoms with Crippen LogP contribution in [0.15, 0.2) is 18.2 Å². The minimum Gasteiger partial charge on any atom is -0.389 e. The van der Waals surface area contributed by atoms with Crippen LogP contribution < -0.4 is 11.1 Å². The van der Waals surface area contributed by atoms with Crippen LogP contribution >= 0.6 is 12.2 Å². The van der Waals surface area contributed by atoms with Crippen molar-refractivity contribution in [1.29, 1.82) is 0 Å². The molecular formula is C15H17F3N2S. The molecule has 0 atom stereocenters. The maximum absolute atomic E-state index is 12.8. The second-order valence-corrected chi connectivity index (χ2v) is 6.55. The molecule has 2 aliphatic carbocycles. The van der Waals surface area contributed by atoms with Gasteiger partial charge in [0.1, 0.15) is 4.99 Å². The van der Waals surface area contributed by atoms with E-state index in [4.69, 9.17) is 18.0 Å². The fraction of sp³-hybridized carbons (Fsp3) is 0.533. The van der Waals surface area contributed by atoms with Gasteiger partial charge in [0.05, 0.1) is 5.56 Å². The Hall–Kier alpha value is -1.30. The number of anilines is 1. The minimum absolute atomic E-state index is 0.0140. The zero-order valence-corrected chi connectivity index (χ0v) is 12.3. The molecule has 3 N–H and O–H groups in total. The molecule has 0 aromatic heterocycles. The number of hydrogen-bond acceptors (Lipinski definition) is 2. The highest BCUT2D eigenvalue weighted by atomic mass is 32.1. The highest BCUT2D eigenvalue weighted by Crippen LogP contribution is 2.61. The van der Waals surface area contributed by atoms with Gasteiger partial charge in [-0.05, 0) is 55.2 Å². The summed E-state index contributed by atoms with van der Waals surface area (Å²) in [7, 11) is 0. The Morgan fingerprint density at radius 3 is 2.48 bits per heavy atom. The molecule has 1 aromatic rings. The lowest BCUT2D eigenvalue weighted by molar-refractivity contribution is -0.137. The highest BCUT2D eigenvalue weighted by molar-refractivity contribution is 7.80. The molecule has 0 saturated heterocycles. The summed E-state index contributed by atoms with van der Waals surface area (Å²) in [5, 5.41) is 3.26. The number of halogens is 3. The molecule has 3 rings (SSSR count). The minimum atomic E-state index is -4.39. The van der Waals surface area contributed by atoms with Crippen LogP contribution in [0.5, 0.6) is 0 Å². The zero-order valence-electron chi connectivity index (χ0n) is 11.5. The predicted molar refractivity (Wildman–Crippen MR) is 80.2 cm³/mol. The van der Waals surface area contributed by atoms with E-state index < -0.39 is 11.7 Å². The standard InChI is InChI=1S/C15H17F3N2S/c16-15(17,18)10-3-4-12(11(7-10)13(19)21)20-8-14(5-6-14)9-1-2-9/h3-4,7,9,20H,1-2,5-6,8H2,(H2,19,21). The van der Waals surface area contributed by atoms with Gasteiger partial charge >= 0.3 is 6.18 Å². The third kappa shape index (κ3) is 3.00. The lowest BCUT2D eigenvalue weighted by Crippen LogP contribution is -2.21. The van der Waals surface area contributed by atoms with E-state index in [2.05, 4.69) is 5.32 Å². The van der Waals surface area contributed by atoms with Gasteiger partial charge in [0.25, 0.3) is 0 Å². The molecule has 2 aliphatic rings. The van der Waals surface area contributed by atoms with E-state index in [1.54, 1.807) is 0 Å². The molecule has 0 amide bonds. The molecule has 0 radical (unpaired) electrons. The second-order valence-electron chi connectivity index (χ2n) is 6.11. The van der Waals surface area contributed by atoms with Crippen molar-refractivity contribution in [3.05, 3.63) is 29.3 Å². The topological polar surface area (TPSA) is 38.0 Å². The van der Waals surface area contributed by atoms with Crippen molar-refractivity contribution in [2.45, 2.75) is 31.9 Å². The molecule has 0 heterocycles. The zero-order chi connectivity index (χ0) is 15.3. The van der Waals surface area contributed by atoms with E-state index in [0.717, 1.165) is 24.6 Å². The lowest BCUT2D eigenvalue weighted by atomic mass is 10.00. The first-order valence-corrected chi connectivity index (χ1v) is 7.48. The number of nitrogens with one attached hydrogen (secondary N) is 1. The Bertz CT molecular complexity index is 575. The normalized spacial score (nSPS) is 20.1. The third-order valence-electron chi connectivity index (χ3n) is 4.58. The first-order valence-electron chi connectivity index (χ1n) is 7.07. The summed E-state index contributed by atoms with van der Waals surface area (Å²) in [6, 6.07) is 3.53. The van der Waals surface area contributed by atoms with Crippen molar-refractivity contribution in [3.63, 3.8) is 0 Å². The molecular weight excluding hydrogens is 297 g/mol. The fourth-order valence-electron chi connectivity index (χ4n) is 2.94. The first kappa shape index (κ1) is 14.6. The van der Waals surface area contributed by atoms with Gasteiger partial charge in [-0.3, -0.25) is 0 Å². The van der Waals surface area contributed by atoms with Crippen LogP contribution in [0.25, 0.3) is 0 Å². The van der Waals surface area contributed by atoms with Crippen LogP contribution in [-0.4, -0.2) is 11.5 Å². The Labute approximate surface area is 126 Å². The molecule has 6 heteroatoms. The summed E-state index contributed by atoms with van der Waals surface area (Å²) in [5.41, 5.74) is 6.08. The van der Waals surface area contributed by atoms with Crippen molar-refractivity contribution < 1.29 is 13.2 Å². The van der Waals surface area contributed by atoms with Crippen molar-refractivity contribution in [1.82, 2.24) is 0 Å². The highest BCUT2D eigenvalue weighted by Gasteiger charge is 2.53. The summed E-state index contributed by atoms with van der Waals surface area (Å²) < 4.78 is 38.3. The molecule has 0 unspecified atom stereocenters. The van der Waals surface area contributed by atoms with Gasteiger partial charge in [0.2, 0.25) is 0 Å². The molecule has 0 aliphatic heterocycles. The van der Waals surface area contributed by atoms with Gasteiger partial charge < -0.3 is 11.1 Å². The third-order valence-corrected chi connectivity index (χ3v) is 4.80. The number of rotatable bonds is 5. The molecule has 0 spiro atoms. The van der Waals surface area contributed by atoms with Crippen molar-refractivity contribution in [2.75, 3.05) is 11.9 Å². The van der Waals surface area contributed by atoms with Gasteiger partial charge in [0.15, 0.2) is 0 Å². The summed E-state index contributed by atoms with van der Waals surface area (Å²) in [4.78, 5) is -0.0140. The van der Waals surface area contributed by atoms with Gasteiger partial charge in [0, 0.05) is 17.8 Å².